The van der Waals surface area contributed by atoms with Crippen molar-refractivity contribution in [3.8, 4) is 22.9 Å². The van der Waals surface area contributed by atoms with Gasteiger partial charge in [-0.05, 0) is 30.0 Å². The molecule has 0 bridgehead atoms. The van der Waals surface area contributed by atoms with Gasteiger partial charge in [-0.25, -0.2) is 0 Å². The predicted molar refractivity (Wildman–Crippen MR) is 92.3 cm³/mol. The quantitative estimate of drug-likeness (QED) is 0.505. The standard InChI is InChI=1S/C14H12BrN3OS.CH2O2/c1-2-20-14-16-13(17-18-14)12-8-7-11(19-12)9-3-5-10(15)6-4-9;2-1-3/h3-8H,2H2,1H3,(H,16,17,18);1H,(H,2,3). The lowest BCUT2D eigenvalue weighted by Gasteiger charge is -1.96. The Hall–Kier alpha value is -2.06. The van der Waals surface area contributed by atoms with Crippen molar-refractivity contribution in [2.24, 2.45) is 0 Å². The van der Waals surface area contributed by atoms with Crippen molar-refractivity contribution in [3.63, 3.8) is 0 Å². The van der Waals surface area contributed by atoms with Crippen LogP contribution in [0.3, 0.4) is 0 Å². The maximum absolute atomic E-state index is 8.36. The minimum absolute atomic E-state index is 0.250. The average molecular weight is 396 g/mol. The van der Waals surface area contributed by atoms with Crippen molar-refractivity contribution < 1.29 is 14.3 Å². The maximum Gasteiger partial charge on any atom is 0.290 e. The molecule has 8 heteroatoms. The molecule has 23 heavy (non-hydrogen) atoms. The Morgan fingerprint density at radius 3 is 2.57 bits per heavy atom. The minimum Gasteiger partial charge on any atom is -0.483 e. The second kappa shape index (κ2) is 8.54. The number of carbonyl (C=O) groups is 1. The fraction of sp³-hybridized carbons (Fsp3) is 0.133. The highest BCUT2D eigenvalue weighted by Crippen LogP contribution is 2.28. The van der Waals surface area contributed by atoms with Crippen LogP contribution in [0, 0.1) is 0 Å². The van der Waals surface area contributed by atoms with Gasteiger partial charge >= 0.3 is 0 Å². The largest absolute Gasteiger partial charge is 0.483 e. The van der Waals surface area contributed by atoms with E-state index in [2.05, 4.69) is 38.0 Å². The lowest BCUT2D eigenvalue weighted by Crippen LogP contribution is -1.77. The lowest BCUT2D eigenvalue weighted by atomic mass is 10.2. The summed E-state index contributed by atoms with van der Waals surface area (Å²) in [6.07, 6.45) is 0. The van der Waals surface area contributed by atoms with Crippen LogP contribution in [0.1, 0.15) is 6.92 Å². The molecule has 2 N–H and O–H groups in total. The number of rotatable bonds is 4. The Bertz CT molecular complexity index is 755. The normalized spacial score (nSPS) is 10.0. The number of nitrogens with one attached hydrogen (secondary N) is 1. The first kappa shape index (κ1) is 17.3. The molecule has 0 amide bonds. The van der Waals surface area contributed by atoms with Gasteiger partial charge in [0.25, 0.3) is 6.47 Å². The SMILES string of the molecule is CCSc1n[nH]c(-c2ccc(-c3ccc(Br)cc3)o2)n1.O=CO. The maximum atomic E-state index is 8.36. The van der Waals surface area contributed by atoms with E-state index in [0.717, 1.165) is 26.7 Å². The molecule has 0 aliphatic rings. The zero-order valence-corrected chi connectivity index (χ0v) is 14.6. The fourth-order valence-corrected chi connectivity index (χ4v) is 2.57. The van der Waals surface area contributed by atoms with Crippen molar-refractivity contribution in [2.45, 2.75) is 12.1 Å². The number of hydrogen-bond acceptors (Lipinski definition) is 5. The van der Waals surface area contributed by atoms with Crippen LogP contribution in [0.4, 0.5) is 0 Å². The summed E-state index contributed by atoms with van der Waals surface area (Å²) in [6.45, 7) is 1.82. The molecule has 0 radical (unpaired) electrons. The number of furan rings is 1. The first-order valence-corrected chi connectivity index (χ1v) is 8.45. The minimum atomic E-state index is -0.250. The number of nitrogens with zero attached hydrogens (tertiary/aromatic N) is 2. The highest BCUT2D eigenvalue weighted by Gasteiger charge is 2.11. The van der Waals surface area contributed by atoms with Gasteiger partial charge in [0.2, 0.25) is 5.16 Å². The van der Waals surface area contributed by atoms with E-state index >= 15 is 0 Å². The molecule has 120 valence electrons. The van der Waals surface area contributed by atoms with Gasteiger partial charge in [0, 0.05) is 10.0 Å². The Morgan fingerprint density at radius 1 is 1.26 bits per heavy atom. The van der Waals surface area contributed by atoms with Gasteiger partial charge < -0.3 is 9.52 Å². The molecule has 0 aliphatic heterocycles. The molecule has 0 fully saturated rings. The molecule has 0 spiro atoms. The van der Waals surface area contributed by atoms with Crippen molar-refractivity contribution in [3.05, 3.63) is 40.9 Å². The summed E-state index contributed by atoms with van der Waals surface area (Å²) >= 11 is 5.02. The number of carboxylic acid groups (broad SMARTS) is 1. The number of benzene rings is 1. The number of H-pyrrole nitrogens is 1. The summed E-state index contributed by atoms with van der Waals surface area (Å²) in [7, 11) is 0. The molecule has 1 aromatic carbocycles. The first-order chi connectivity index (χ1) is 11.2. The van der Waals surface area contributed by atoms with Crippen LogP contribution in [-0.2, 0) is 4.79 Å². The summed E-state index contributed by atoms with van der Waals surface area (Å²) < 4.78 is 6.87. The van der Waals surface area contributed by atoms with Crippen LogP contribution >= 0.6 is 27.7 Å². The zero-order valence-electron chi connectivity index (χ0n) is 12.2. The summed E-state index contributed by atoms with van der Waals surface area (Å²) in [4.78, 5) is 12.7. The number of aromatic amines is 1. The molecule has 6 nitrogen and oxygen atoms in total. The Morgan fingerprint density at radius 2 is 1.91 bits per heavy atom. The molecule has 2 aromatic heterocycles. The van der Waals surface area contributed by atoms with E-state index in [0.29, 0.717) is 11.6 Å². The number of hydrogen-bond donors (Lipinski definition) is 2. The first-order valence-electron chi connectivity index (χ1n) is 6.67. The Balaban J connectivity index is 0.000000595. The van der Waals surface area contributed by atoms with E-state index in [4.69, 9.17) is 14.3 Å². The van der Waals surface area contributed by atoms with Crippen LogP contribution in [0.2, 0.25) is 0 Å². The third-order valence-corrected chi connectivity index (χ3v) is 3.96. The summed E-state index contributed by atoms with van der Waals surface area (Å²) in [5.74, 6) is 3.11. The van der Waals surface area contributed by atoms with E-state index in [-0.39, 0.29) is 6.47 Å². The molecule has 0 saturated heterocycles. The molecular weight excluding hydrogens is 382 g/mol. The van der Waals surface area contributed by atoms with E-state index in [1.54, 1.807) is 11.8 Å². The van der Waals surface area contributed by atoms with Gasteiger partial charge in [0.05, 0.1) is 0 Å². The van der Waals surface area contributed by atoms with E-state index in [1.807, 2.05) is 36.4 Å². The summed E-state index contributed by atoms with van der Waals surface area (Å²) in [5, 5.41) is 14.7. The highest BCUT2D eigenvalue weighted by molar-refractivity contribution is 9.10. The van der Waals surface area contributed by atoms with Crippen LogP contribution in [0.5, 0.6) is 0 Å². The lowest BCUT2D eigenvalue weighted by molar-refractivity contribution is -0.122. The highest BCUT2D eigenvalue weighted by atomic mass is 79.9. The summed E-state index contributed by atoms with van der Waals surface area (Å²) in [5.41, 5.74) is 1.03. The molecule has 3 aromatic rings. The van der Waals surface area contributed by atoms with Gasteiger partial charge in [0.1, 0.15) is 5.76 Å². The van der Waals surface area contributed by atoms with Crippen molar-refractivity contribution in [1.82, 2.24) is 15.2 Å². The Labute approximate surface area is 145 Å². The molecule has 0 unspecified atom stereocenters. The molecule has 2 heterocycles. The fourth-order valence-electron chi connectivity index (χ4n) is 1.78. The third kappa shape index (κ3) is 4.70. The predicted octanol–water partition coefficient (Wildman–Crippen LogP) is 4.31. The average Bonchev–Trinajstić information content (AvgIpc) is 3.18. The zero-order chi connectivity index (χ0) is 16.7. The summed E-state index contributed by atoms with van der Waals surface area (Å²) in [6, 6.07) is 11.8. The third-order valence-electron chi connectivity index (χ3n) is 2.71. The van der Waals surface area contributed by atoms with Gasteiger partial charge in [0.15, 0.2) is 11.6 Å². The van der Waals surface area contributed by atoms with Gasteiger partial charge in [-0.2, -0.15) is 4.98 Å². The van der Waals surface area contributed by atoms with Gasteiger partial charge in [-0.3, -0.25) is 9.89 Å². The van der Waals surface area contributed by atoms with E-state index in [9.17, 15) is 0 Å². The van der Waals surface area contributed by atoms with Crippen LogP contribution in [0.15, 0.2) is 50.4 Å². The molecule has 0 aliphatic carbocycles. The number of thioether (sulfide) groups is 1. The van der Waals surface area contributed by atoms with E-state index in [1.165, 1.54) is 0 Å². The Kier molecular flexibility index (Phi) is 6.42. The second-order valence-electron chi connectivity index (χ2n) is 4.18. The number of halogens is 1. The van der Waals surface area contributed by atoms with Gasteiger partial charge in [-0.15, -0.1) is 5.10 Å². The molecular formula is C15H14BrN3O3S. The van der Waals surface area contributed by atoms with Crippen molar-refractivity contribution in [2.75, 3.05) is 5.75 Å². The van der Waals surface area contributed by atoms with E-state index < -0.39 is 0 Å². The smallest absolute Gasteiger partial charge is 0.290 e. The van der Waals surface area contributed by atoms with Crippen LogP contribution < -0.4 is 0 Å². The van der Waals surface area contributed by atoms with Crippen molar-refractivity contribution >= 4 is 34.2 Å². The second-order valence-corrected chi connectivity index (χ2v) is 6.32. The topological polar surface area (TPSA) is 92.0 Å². The monoisotopic (exact) mass is 395 g/mol. The van der Waals surface area contributed by atoms with Crippen LogP contribution in [-0.4, -0.2) is 32.5 Å². The molecule has 0 atom stereocenters. The van der Waals surface area contributed by atoms with Gasteiger partial charge in [-0.1, -0.05) is 46.7 Å². The van der Waals surface area contributed by atoms with Crippen molar-refractivity contribution in [1.29, 1.82) is 0 Å². The molecule has 3 rings (SSSR count). The molecule has 0 saturated carbocycles. The number of aromatic nitrogens is 3. The van der Waals surface area contributed by atoms with Crippen LogP contribution in [0.25, 0.3) is 22.9 Å².